The van der Waals surface area contributed by atoms with Crippen LogP contribution in [0.3, 0.4) is 0 Å². The number of methoxy groups -OCH3 is 2. The van der Waals surface area contributed by atoms with Gasteiger partial charge in [-0.1, -0.05) is 17.8 Å². The summed E-state index contributed by atoms with van der Waals surface area (Å²) in [6.07, 6.45) is 3.32. The van der Waals surface area contributed by atoms with Gasteiger partial charge in [-0.05, 0) is 49.2 Å². The first kappa shape index (κ1) is 23.6. The third kappa shape index (κ3) is 5.17. The van der Waals surface area contributed by atoms with Crippen molar-refractivity contribution in [3.63, 3.8) is 0 Å². The smallest absolute Gasteiger partial charge is 0.254 e. The van der Waals surface area contributed by atoms with Gasteiger partial charge in [-0.25, -0.2) is 0 Å². The average molecular weight is 482 g/mol. The van der Waals surface area contributed by atoms with Gasteiger partial charge in [-0.2, -0.15) is 0 Å². The molecule has 1 atom stereocenters. The number of carbonyl (C=O) groups excluding carboxylic acids is 2. The molecule has 0 radical (unpaired) electrons. The fourth-order valence-electron chi connectivity index (χ4n) is 4.06. The Morgan fingerprint density at radius 1 is 1.18 bits per heavy atom. The van der Waals surface area contributed by atoms with E-state index in [9.17, 15) is 9.59 Å². The molecule has 0 bridgehead atoms. The number of anilines is 1. The van der Waals surface area contributed by atoms with Gasteiger partial charge in [0.2, 0.25) is 5.91 Å². The van der Waals surface area contributed by atoms with E-state index in [1.54, 1.807) is 49.4 Å². The van der Waals surface area contributed by atoms with Crippen molar-refractivity contribution in [3.8, 4) is 11.5 Å². The maximum atomic E-state index is 13.5. The van der Waals surface area contributed by atoms with Crippen LogP contribution in [0.1, 0.15) is 34.8 Å². The van der Waals surface area contributed by atoms with E-state index >= 15 is 0 Å². The summed E-state index contributed by atoms with van der Waals surface area (Å²) in [6.45, 7) is 0.648. The molecule has 0 aliphatic carbocycles. The predicted molar refractivity (Wildman–Crippen MR) is 129 cm³/mol. The molecule has 4 rings (SSSR count). The highest BCUT2D eigenvalue weighted by molar-refractivity contribution is 7.99. The average Bonchev–Trinajstić information content (AvgIpc) is 3.51. The zero-order valence-corrected chi connectivity index (χ0v) is 20.2. The third-order valence-electron chi connectivity index (χ3n) is 5.71. The molecule has 2 heterocycles. The Bertz CT molecular complexity index is 1180. The summed E-state index contributed by atoms with van der Waals surface area (Å²) in [5, 5.41) is 11.3. The van der Waals surface area contributed by atoms with E-state index in [0.29, 0.717) is 23.0 Å². The Morgan fingerprint density at radius 3 is 2.76 bits per heavy atom. The molecule has 1 N–H and O–H groups in total. The fourth-order valence-corrected chi connectivity index (χ4v) is 4.75. The maximum Gasteiger partial charge on any atom is 0.254 e. The largest absolute Gasteiger partial charge is 0.497 e. The van der Waals surface area contributed by atoms with Gasteiger partial charge in [0, 0.05) is 30.4 Å². The Morgan fingerprint density at radius 2 is 2.03 bits per heavy atom. The van der Waals surface area contributed by atoms with Crippen molar-refractivity contribution in [1.29, 1.82) is 0 Å². The lowest BCUT2D eigenvalue weighted by Crippen LogP contribution is -2.31. The van der Waals surface area contributed by atoms with Crippen molar-refractivity contribution in [2.75, 3.05) is 31.8 Å². The molecule has 0 saturated carbocycles. The number of hydrogen-bond acceptors (Lipinski definition) is 7. The van der Waals surface area contributed by atoms with E-state index in [-0.39, 0.29) is 23.6 Å². The van der Waals surface area contributed by atoms with Crippen LogP contribution in [0.25, 0.3) is 0 Å². The van der Waals surface area contributed by atoms with Gasteiger partial charge in [-0.15, -0.1) is 10.2 Å². The minimum absolute atomic E-state index is 0.0862. The van der Waals surface area contributed by atoms with Crippen molar-refractivity contribution in [1.82, 2.24) is 19.7 Å². The van der Waals surface area contributed by atoms with Crippen molar-refractivity contribution in [2.24, 2.45) is 7.05 Å². The van der Waals surface area contributed by atoms with Crippen LogP contribution >= 0.6 is 11.8 Å². The predicted octanol–water partition coefficient (Wildman–Crippen LogP) is 3.54. The number of aromatic nitrogens is 3. The second-order valence-electron chi connectivity index (χ2n) is 7.91. The summed E-state index contributed by atoms with van der Waals surface area (Å²) >= 11 is 1.30. The number of likely N-dealkylation sites (tertiary alicyclic amines) is 1. The quantitative estimate of drug-likeness (QED) is 0.492. The number of nitrogens with one attached hydrogen (secondary N) is 1. The zero-order valence-electron chi connectivity index (χ0n) is 19.4. The summed E-state index contributed by atoms with van der Waals surface area (Å²) in [5.41, 5.74) is 2.02. The molecule has 10 heteroatoms. The Kier molecular flexibility index (Phi) is 7.36. The number of rotatable bonds is 8. The van der Waals surface area contributed by atoms with Crippen LogP contribution in [0.15, 0.2) is 53.9 Å². The normalized spacial score (nSPS) is 15.3. The first-order chi connectivity index (χ1) is 16.5. The summed E-state index contributed by atoms with van der Waals surface area (Å²) < 4.78 is 12.7. The van der Waals surface area contributed by atoms with Crippen molar-refractivity contribution < 1.29 is 19.1 Å². The third-order valence-corrected chi connectivity index (χ3v) is 6.74. The molecule has 3 aromatic rings. The van der Waals surface area contributed by atoms with Crippen molar-refractivity contribution >= 4 is 29.3 Å². The number of nitrogens with zero attached hydrogens (tertiary/aromatic N) is 4. The highest BCUT2D eigenvalue weighted by atomic mass is 32.2. The summed E-state index contributed by atoms with van der Waals surface area (Å²) in [4.78, 5) is 27.7. The summed E-state index contributed by atoms with van der Waals surface area (Å²) in [5.74, 6) is 1.37. The van der Waals surface area contributed by atoms with E-state index in [0.717, 1.165) is 29.9 Å². The minimum atomic E-state index is -0.183. The van der Waals surface area contributed by atoms with Crippen LogP contribution in [0.2, 0.25) is 0 Å². The van der Waals surface area contributed by atoms with Crippen LogP contribution in [-0.4, -0.2) is 58.0 Å². The summed E-state index contributed by atoms with van der Waals surface area (Å²) in [7, 11) is 5.07. The maximum absolute atomic E-state index is 13.5. The van der Waals surface area contributed by atoms with Gasteiger partial charge in [0.1, 0.15) is 17.8 Å². The van der Waals surface area contributed by atoms with E-state index in [1.165, 1.54) is 11.8 Å². The summed E-state index contributed by atoms with van der Waals surface area (Å²) in [6, 6.07) is 12.6. The number of thioether (sulfide) groups is 1. The number of carbonyl (C=O) groups is 2. The molecular weight excluding hydrogens is 454 g/mol. The highest BCUT2D eigenvalue weighted by Gasteiger charge is 2.33. The molecular formula is C24H27N5O4S. The molecule has 2 amide bonds. The topological polar surface area (TPSA) is 98.6 Å². The number of amides is 2. The van der Waals surface area contributed by atoms with Gasteiger partial charge >= 0.3 is 0 Å². The molecule has 0 spiro atoms. The van der Waals surface area contributed by atoms with E-state index in [1.807, 2.05) is 30.1 Å². The van der Waals surface area contributed by atoms with Crippen LogP contribution in [0, 0.1) is 0 Å². The molecule has 178 valence electrons. The lowest BCUT2D eigenvalue weighted by Gasteiger charge is -2.27. The molecule has 9 nitrogen and oxygen atoms in total. The Hall–Kier alpha value is -3.53. The zero-order chi connectivity index (χ0) is 24.1. The van der Waals surface area contributed by atoms with Gasteiger partial charge in [-0.3, -0.25) is 9.59 Å². The first-order valence-electron chi connectivity index (χ1n) is 10.9. The molecule has 34 heavy (non-hydrogen) atoms. The van der Waals surface area contributed by atoms with Crippen LogP contribution < -0.4 is 14.8 Å². The standard InChI is InChI=1S/C24H27N5O4S/c1-28-15-25-27-24(28)34-14-22(30)26-17-7-4-6-16(12-17)23(31)29-11-5-8-20(29)19-13-18(32-2)9-10-21(19)33-3/h4,6-7,9-10,12-13,15,20H,5,8,11,14H2,1-3H3,(H,26,30)/t20-/m1/s1. The molecule has 1 saturated heterocycles. The van der Waals surface area contributed by atoms with Crippen LogP contribution in [0.4, 0.5) is 5.69 Å². The Labute approximate surface area is 202 Å². The SMILES string of the molecule is COc1ccc(OC)c([C@H]2CCCN2C(=O)c2cccc(NC(=O)CSc3nncn3C)c2)c1. The number of benzene rings is 2. The molecule has 2 aromatic carbocycles. The Balaban J connectivity index is 1.47. The van der Waals surface area contributed by atoms with Gasteiger partial charge in [0.15, 0.2) is 5.16 Å². The second kappa shape index (κ2) is 10.6. The van der Waals surface area contributed by atoms with E-state index < -0.39 is 0 Å². The van der Waals surface area contributed by atoms with Crippen molar-refractivity contribution in [3.05, 3.63) is 59.9 Å². The number of aryl methyl sites for hydroxylation is 1. The molecule has 1 fully saturated rings. The molecule has 0 unspecified atom stereocenters. The van der Waals surface area contributed by atoms with E-state index in [4.69, 9.17) is 9.47 Å². The molecule has 1 aromatic heterocycles. The number of hydrogen-bond donors (Lipinski definition) is 1. The second-order valence-corrected chi connectivity index (χ2v) is 8.85. The fraction of sp³-hybridized carbons (Fsp3) is 0.333. The van der Waals surface area contributed by atoms with Crippen LogP contribution in [-0.2, 0) is 11.8 Å². The van der Waals surface area contributed by atoms with E-state index in [2.05, 4.69) is 15.5 Å². The number of ether oxygens (including phenoxy) is 2. The first-order valence-corrected chi connectivity index (χ1v) is 11.9. The van der Waals surface area contributed by atoms with Gasteiger partial charge < -0.3 is 24.3 Å². The van der Waals surface area contributed by atoms with Gasteiger partial charge in [0.05, 0.1) is 26.0 Å². The van der Waals surface area contributed by atoms with Gasteiger partial charge in [0.25, 0.3) is 5.91 Å². The van der Waals surface area contributed by atoms with Crippen molar-refractivity contribution in [2.45, 2.75) is 24.0 Å². The lowest BCUT2D eigenvalue weighted by molar-refractivity contribution is -0.113. The highest BCUT2D eigenvalue weighted by Crippen LogP contribution is 2.39. The minimum Gasteiger partial charge on any atom is -0.497 e. The molecule has 1 aliphatic rings. The monoisotopic (exact) mass is 481 g/mol. The lowest BCUT2D eigenvalue weighted by atomic mass is 10.0. The molecule has 1 aliphatic heterocycles. The van der Waals surface area contributed by atoms with Crippen LogP contribution in [0.5, 0.6) is 11.5 Å².